The van der Waals surface area contributed by atoms with Gasteiger partial charge in [-0.25, -0.2) is 9.67 Å². The molecule has 0 bridgehead atoms. The molecule has 6 heteroatoms. The number of allylic oxidation sites excluding steroid dienone is 1. The Morgan fingerprint density at radius 2 is 1.79 bits per heavy atom. The van der Waals surface area contributed by atoms with Crippen molar-refractivity contribution in [1.82, 2.24) is 19.7 Å². The van der Waals surface area contributed by atoms with E-state index in [-0.39, 0.29) is 0 Å². The third kappa shape index (κ3) is 4.12. The van der Waals surface area contributed by atoms with E-state index in [1.54, 1.807) is 0 Å². The number of imidazole rings is 1. The van der Waals surface area contributed by atoms with Crippen LogP contribution in [0, 0.1) is 11.3 Å². The molecule has 1 N–H and O–H groups in total. The van der Waals surface area contributed by atoms with Crippen molar-refractivity contribution < 1.29 is 4.74 Å². The highest BCUT2D eigenvalue weighted by molar-refractivity contribution is 5.92. The first-order valence-electron chi connectivity index (χ1n) is 10.7. The zero-order chi connectivity index (χ0) is 22.6. The van der Waals surface area contributed by atoms with Gasteiger partial charge in [0.25, 0.3) is 0 Å². The van der Waals surface area contributed by atoms with Crippen molar-refractivity contribution in [2.24, 2.45) is 0 Å². The topological polar surface area (TPSA) is 79.5 Å². The number of rotatable bonds is 6. The number of ether oxygens (including phenoxy) is 1. The van der Waals surface area contributed by atoms with Crippen LogP contribution in [0.2, 0.25) is 0 Å². The van der Waals surface area contributed by atoms with Crippen LogP contribution in [0.3, 0.4) is 0 Å². The standard InChI is InChI=1S/C27H21N5O/c1-2-33-23-14-12-19(13-15-23)26-21(18-32(31-26)22-8-4-3-5-9-22)16-20(17-28)27-29-24-10-6-7-11-25(24)30-27/h3-16,18H,2H2,1H3,(H,29,30). The highest BCUT2D eigenvalue weighted by Crippen LogP contribution is 2.29. The number of fused-ring (bicyclic) bond motifs is 1. The van der Waals surface area contributed by atoms with Crippen LogP contribution in [0.5, 0.6) is 5.75 Å². The predicted octanol–water partition coefficient (Wildman–Crippen LogP) is 5.88. The van der Waals surface area contributed by atoms with Crippen LogP contribution in [0.1, 0.15) is 18.3 Å². The van der Waals surface area contributed by atoms with Gasteiger partial charge in [-0.3, -0.25) is 0 Å². The number of para-hydroxylation sites is 3. The third-order valence-corrected chi connectivity index (χ3v) is 5.27. The Labute approximate surface area is 191 Å². The fourth-order valence-electron chi connectivity index (χ4n) is 3.70. The molecule has 0 saturated carbocycles. The molecule has 3 aromatic carbocycles. The van der Waals surface area contributed by atoms with Crippen LogP contribution in [0.15, 0.2) is 85.1 Å². The number of hydrogen-bond donors (Lipinski definition) is 1. The van der Waals surface area contributed by atoms with Crippen molar-refractivity contribution >= 4 is 22.7 Å². The molecular weight excluding hydrogens is 410 g/mol. The summed E-state index contributed by atoms with van der Waals surface area (Å²) in [5, 5.41) is 14.8. The Hall–Kier alpha value is -4.63. The second-order valence-corrected chi connectivity index (χ2v) is 7.44. The van der Waals surface area contributed by atoms with Crippen LogP contribution in [0.4, 0.5) is 0 Å². The van der Waals surface area contributed by atoms with E-state index in [1.165, 1.54) is 0 Å². The van der Waals surface area contributed by atoms with Crippen molar-refractivity contribution in [3.63, 3.8) is 0 Å². The Morgan fingerprint density at radius 1 is 1.03 bits per heavy atom. The molecule has 0 unspecified atom stereocenters. The number of aromatic nitrogens is 4. The molecule has 0 fully saturated rings. The average molecular weight is 431 g/mol. The van der Waals surface area contributed by atoms with Gasteiger partial charge in [-0.2, -0.15) is 10.4 Å². The first-order valence-corrected chi connectivity index (χ1v) is 10.7. The Kier molecular flexibility index (Phi) is 5.44. The van der Waals surface area contributed by atoms with Crippen LogP contribution in [0.25, 0.3) is 39.6 Å². The Morgan fingerprint density at radius 3 is 2.52 bits per heavy atom. The van der Waals surface area contributed by atoms with Crippen LogP contribution in [-0.2, 0) is 0 Å². The van der Waals surface area contributed by atoms with E-state index >= 15 is 0 Å². The first-order chi connectivity index (χ1) is 16.2. The van der Waals surface area contributed by atoms with Crippen molar-refractivity contribution in [2.45, 2.75) is 6.92 Å². The lowest BCUT2D eigenvalue weighted by molar-refractivity contribution is 0.340. The second kappa shape index (κ2) is 8.85. The molecule has 0 aliphatic carbocycles. The summed E-state index contributed by atoms with van der Waals surface area (Å²) in [4.78, 5) is 7.83. The summed E-state index contributed by atoms with van der Waals surface area (Å²) in [6.07, 6.45) is 3.76. The van der Waals surface area contributed by atoms with E-state index < -0.39 is 0 Å². The van der Waals surface area contributed by atoms with Crippen LogP contribution < -0.4 is 4.74 Å². The summed E-state index contributed by atoms with van der Waals surface area (Å²) >= 11 is 0. The zero-order valence-electron chi connectivity index (χ0n) is 18.1. The van der Waals surface area contributed by atoms with Gasteiger partial charge in [-0.05, 0) is 61.5 Å². The fourth-order valence-corrected chi connectivity index (χ4v) is 3.70. The number of nitrogens with zero attached hydrogens (tertiary/aromatic N) is 4. The van der Waals surface area contributed by atoms with Crippen LogP contribution >= 0.6 is 0 Å². The van der Waals surface area contributed by atoms with E-state index in [9.17, 15) is 5.26 Å². The van der Waals surface area contributed by atoms with Gasteiger partial charge >= 0.3 is 0 Å². The molecule has 0 saturated heterocycles. The Balaban J connectivity index is 1.62. The summed E-state index contributed by atoms with van der Waals surface area (Å²) in [6.45, 7) is 2.57. The molecular formula is C27H21N5O. The van der Waals surface area contributed by atoms with Gasteiger partial charge in [0.05, 0.1) is 34.6 Å². The third-order valence-electron chi connectivity index (χ3n) is 5.27. The molecule has 2 heterocycles. The van der Waals surface area contributed by atoms with E-state index in [0.29, 0.717) is 18.0 Å². The van der Waals surface area contributed by atoms with E-state index in [4.69, 9.17) is 9.84 Å². The molecule has 0 atom stereocenters. The lowest BCUT2D eigenvalue weighted by Gasteiger charge is -2.04. The minimum absolute atomic E-state index is 0.436. The molecule has 0 radical (unpaired) electrons. The first kappa shape index (κ1) is 20.3. The summed E-state index contributed by atoms with van der Waals surface area (Å²) in [6, 6.07) is 27.7. The minimum Gasteiger partial charge on any atom is -0.494 e. The molecule has 0 amide bonds. The lowest BCUT2D eigenvalue weighted by atomic mass is 10.1. The molecule has 6 nitrogen and oxygen atoms in total. The van der Waals surface area contributed by atoms with Crippen LogP contribution in [-0.4, -0.2) is 26.4 Å². The molecule has 5 rings (SSSR count). The molecule has 0 spiro atoms. The normalized spacial score (nSPS) is 11.5. The number of H-pyrrole nitrogens is 1. The molecule has 0 aliphatic heterocycles. The predicted molar refractivity (Wildman–Crippen MR) is 130 cm³/mol. The van der Waals surface area contributed by atoms with E-state index in [1.807, 2.05) is 103 Å². The Bertz CT molecular complexity index is 1440. The average Bonchev–Trinajstić information content (AvgIpc) is 3.48. The van der Waals surface area contributed by atoms with E-state index in [2.05, 4.69) is 16.0 Å². The van der Waals surface area contributed by atoms with Crippen molar-refractivity contribution in [2.75, 3.05) is 6.61 Å². The second-order valence-electron chi connectivity index (χ2n) is 7.44. The maximum atomic E-state index is 9.92. The number of benzene rings is 3. The highest BCUT2D eigenvalue weighted by Gasteiger charge is 2.14. The van der Waals surface area contributed by atoms with Crippen molar-refractivity contribution in [3.8, 4) is 28.8 Å². The summed E-state index contributed by atoms with van der Waals surface area (Å²) in [7, 11) is 0. The fraction of sp³-hybridized carbons (Fsp3) is 0.0741. The summed E-state index contributed by atoms with van der Waals surface area (Å²) < 4.78 is 7.40. The summed E-state index contributed by atoms with van der Waals surface area (Å²) in [5.41, 5.74) is 5.60. The van der Waals surface area contributed by atoms with Gasteiger partial charge in [-0.1, -0.05) is 30.3 Å². The highest BCUT2D eigenvalue weighted by atomic mass is 16.5. The van der Waals surface area contributed by atoms with Crippen molar-refractivity contribution in [1.29, 1.82) is 5.26 Å². The molecule has 0 aliphatic rings. The van der Waals surface area contributed by atoms with Gasteiger partial charge < -0.3 is 9.72 Å². The maximum absolute atomic E-state index is 9.92. The smallest absolute Gasteiger partial charge is 0.149 e. The number of nitrogens with one attached hydrogen (secondary N) is 1. The quantitative estimate of drug-likeness (QED) is 0.341. The van der Waals surface area contributed by atoms with E-state index in [0.717, 1.165) is 39.3 Å². The molecule has 33 heavy (non-hydrogen) atoms. The number of aromatic amines is 1. The van der Waals surface area contributed by atoms with Gasteiger partial charge in [-0.15, -0.1) is 0 Å². The van der Waals surface area contributed by atoms with Gasteiger partial charge in [0.15, 0.2) is 0 Å². The van der Waals surface area contributed by atoms with Gasteiger partial charge in [0.2, 0.25) is 0 Å². The van der Waals surface area contributed by atoms with Gasteiger partial charge in [0.1, 0.15) is 17.6 Å². The molecule has 5 aromatic rings. The lowest BCUT2D eigenvalue weighted by Crippen LogP contribution is -1.94. The number of hydrogen-bond acceptors (Lipinski definition) is 4. The molecule has 160 valence electrons. The SMILES string of the molecule is CCOc1ccc(-c2nn(-c3ccccc3)cc2C=C(C#N)c2nc3ccccc3[nH]2)cc1. The van der Waals surface area contributed by atoms with Crippen molar-refractivity contribution in [3.05, 3.63) is 96.4 Å². The van der Waals surface area contributed by atoms with Gasteiger partial charge in [0, 0.05) is 17.3 Å². The summed E-state index contributed by atoms with van der Waals surface area (Å²) in [5.74, 6) is 1.34. The zero-order valence-corrected chi connectivity index (χ0v) is 18.1. The number of nitriles is 1. The molecule has 2 aromatic heterocycles. The largest absolute Gasteiger partial charge is 0.494 e. The monoisotopic (exact) mass is 431 g/mol. The minimum atomic E-state index is 0.436. The maximum Gasteiger partial charge on any atom is 0.149 e.